The molecule has 0 radical (unpaired) electrons. The van der Waals surface area contributed by atoms with Gasteiger partial charge in [-0.25, -0.2) is 9.97 Å². The molecule has 150 valence electrons. The minimum atomic E-state index is -1.13. The molecule has 4 heterocycles. The van der Waals surface area contributed by atoms with E-state index in [0.29, 0.717) is 12.6 Å². The van der Waals surface area contributed by atoms with Crippen LogP contribution in [0.3, 0.4) is 0 Å². The van der Waals surface area contributed by atoms with Crippen molar-refractivity contribution in [2.75, 3.05) is 13.7 Å². The molecule has 0 unspecified atom stereocenters. The summed E-state index contributed by atoms with van der Waals surface area (Å²) in [5.41, 5.74) is 3.82. The molecular formula is C22H26N4O2Si. The van der Waals surface area contributed by atoms with Gasteiger partial charge in [-0.15, -0.1) is 0 Å². The van der Waals surface area contributed by atoms with E-state index in [2.05, 4.69) is 40.2 Å². The number of pyridine rings is 3. The zero-order valence-electron chi connectivity index (χ0n) is 17.3. The van der Waals surface area contributed by atoms with Gasteiger partial charge in [0, 0.05) is 55.7 Å². The van der Waals surface area contributed by atoms with Crippen molar-refractivity contribution in [3.8, 4) is 17.1 Å². The number of ether oxygens (including phenoxy) is 2. The Bertz CT molecular complexity index is 1150. The van der Waals surface area contributed by atoms with Crippen LogP contribution in [-0.4, -0.2) is 41.3 Å². The summed E-state index contributed by atoms with van der Waals surface area (Å²) in [5.74, 6) is 0.573. The van der Waals surface area contributed by atoms with E-state index in [1.807, 2.05) is 36.7 Å². The van der Waals surface area contributed by atoms with Crippen molar-refractivity contribution in [1.82, 2.24) is 19.5 Å². The van der Waals surface area contributed by atoms with E-state index in [4.69, 9.17) is 14.5 Å². The Morgan fingerprint density at radius 1 is 1.03 bits per heavy atom. The summed E-state index contributed by atoms with van der Waals surface area (Å²) in [5, 5.41) is 2.16. The molecule has 4 aromatic rings. The summed E-state index contributed by atoms with van der Waals surface area (Å²) in [6, 6.07) is 11.1. The maximum absolute atomic E-state index is 6.06. The summed E-state index contributed by atoms with van der Waals surface area (Å²) in [6.45, 7) is 8.33. The van der Waals surface area contributed by atoms with Crippen LogP contribution in [0.25, 0.3) is 33.2 Å². The number of hydrogen-bond acceptors (Lipinski definition) is 5. The fourth-order valence-electron chi connectivity index (χ4n) is 3.31. The predicted molar refractivity (Wildman–Crippen MR) is 119 cm³/mol. The van der Waals surface area contributed by atoms with E-state index in [1.165, 1.54) is 0 Å². The zero-order chi connectivity index (χ0) is 20.4. The van der Waals surface area contributed by atoms with Gasteiger partial charge >= 0.3 is 0 Å². The van der Waals surface area contributed by atoms with Crippen LogP contribution in [0.5, 0.6) is 5.88 Å². The van der Waals surface area contributed by atoms with Crippen LogP contribution in [0.15, 0.2) is 48.9 Å². The highest BCUT2D eigenvalue weighted by molar-refractivity contribution is 6.76. The van der Waals surface area contributed by atoms with Gasteiger partial charge in [-0.3, -0.25) is 4.98 Å². The van der Waals surface area contributed by atoms with Crippen molar-refractivity contribution < 1.29 is 9.47 Å². The standard InChI is InChI=1S/C22H26N4O2Si/c1-27-21-13-16(7-10-24-21)19-6-5-17-18-14-23-9-8-20(18)26(22(17)25-19)15-28-11-12-29(2,3)4/h5-10,13-14H,11-12,15H2,1-4H3. The van der Waals surface area contributed by atoms with Crippen molar-refractivity contribution in [2.24, 2.45) is 0 Å². The molecule has 0 aliphatic carbocycles. The molecule has 0 aliphatic rings. The van der Waals surface area contributed by atoms with E-state index in [0.717, 1.165) is 45.8 Å². The first-order valence-corrected chi connectivity index (χ1v) is 13.5. The average Bonchev–Trinajstić information content (AvgIpc) is 3.03. The molecule has 4 rings (SSSR count). The molecule has 7 heteroatoms. The maximum atomic E-state index is 6.06. The molecular weight excluding hydrogens is 380 g/mol. The number of nitrogens with zero attached hydrogens (tertiary/aromatic N) is 4. The van der Waals surface area contributed by atoms with E-state index in [1.54, 1.807) is 13.3 Å². The zero-order valence-corrected chi connectivity index (χ0v) is 18.3. The fraction of sp³-hybridized carbons (Fsp3) is 0.318. The monoisotopic (exact) mass is 406 g/mol. The second-order valence-corrected chi connectivity index (χ2v) is 13.9. The largest absolute Gasteiger partial charge is 0.481 e. The van der Waals surface area contributed by atoms with Gasteiger partial charge in [-0.05, 0) is 30.3 Å². The van der Waals surface area contributed by atoms with Crippen molar-refractivity contribution in [2.45, 2.75) is 32.4 Å². The van der Waals surface area contributed by atoms with E-state index < -0.39 is 8.07 Å². The molecule has 0 N–H and O–H groups in total. The summed E-state index contributed by atoms with van der Waals surface area (Å²) < 4.78 is 13.5. The molecule has 0 saturated carbocycles. The molecule has 0 atom stereocenters. The SMILES string of the molecule is COc1cc(-c2ccc3c4cnccc4n(COCC[Si](C)(C)C)c3n2)ccn1. The van der Waals surface area contributed by atoms with Crippen LogP contribution in [-0.2, 0) is 11.5 Å². The van der Waals surface area contributed by atoms with Crippen molar-refractivity contribution in [3.63, 3.8) is 0 Å². The first-order chi connectivity index (χ1) is 14.0. The minimum absolute atomic E-state index is 0.477. The maximum Gasteiger partial charge on any atom is 0.213 e. The first kappa shape index (κ1) is 19.5. The highest BCUT2D eigenvalue weighted by atomic mass is 28.3. The van der Waals surface area contributed by atoms with Crippen LogP contribution >= 0.6 is 0 Å². The van der Waals surface area contributed by atoms with Gasteiger partial charge in [0.25, 0.3) is 0 Å². The Morgan fingerprint density at radius 2 is 1.90 bits per heavy atom. The summed E-state index contributed by atoms with van der Waals surface area (Å²) in [4.78, 5) is 13.5. The highest BCUT2D eigenvalue weighted by Gasteiger charge is 2.15. The summed E-state index contributed by atoms with van der Waals surface area (Å²) in [7, 11) is 0.490. The van der Waals surface area contributed by atoms with Gasteiger partial charge in [0.1, 0.15) is 12.4 Å². The number of hydrogen-bond donors (Lipinski definition) is 0. The lowest BCUT2D eigenvalue weighted by Gasteiger charge is -2.16. The summed E-state index contributed by atoms with van der Waals surface area (Å²) >= 11 is 0. The normalized spacial score (nSPS) is 12.0. The molecule has 0 aliphatic heterocycles. The number of methoxy groups -OCH3 is 1. The molecule has 0 spiro atoms. The van der Waals surface area contributed by atoms with Gasteiger partial charge in [0.15, 0.2) is 0 Å². The molecule has 0 saturated heterocycles. The van der Waals surface area contributed by atoms with Gasteiger partial charge in [0.05, 0.1) is 18.3 Å². The predicted octanol–water partition coefficient (Wildman–Crippen LogP) is 4.97. The van der Waals surface area contributed by atoms with E-state index >= 15 is 0 Å². The molecule has 0 amide bonds. The quantitative estimate of drug-likeness (QED) is 0.320. The first-order valence-electron chi connectivity index (χ1n) is 9.77. The molecule has 29 heavy (non-hydrogen) atoms. The second-order valence-electron chi connectivity index (χ2n) is 8.32. The third-order valence-corrected chi connectivity index (χ3v) is 6.67. The lowest BCUT2D eigenvalue weighted by molar-refractivity contribution is 0.0926. The summed E-state index contributed by atoms with van der Waals surface area (Å²) in [6.07, 6.45) is 5.44. The minimum Gasteiger partial charge on any atom is -0.481 e. The Hall–Kier alpha value is -2.77. The van der Waals surface area contributed by atoms with Gasteiger partial charge < -0.3 is 14.0 Å². The molecule has 6 nitrogen and oxygen atoms in total. The average molecular weight is 407 g/mol. The number of aromatic nitrogens is 4. The Morgan fingerprint density at radius 3 is 2.69 bits per heavy atom. The van der Waals surface area contributed by atoms with Crippen molar-refractivity contribution in [1.29, 1.82) is 0 Å². The van der Waals surface area contributed by atoms with Crippen molar-refractivity contribution >= 4 is 30.0 Å². The Kier molecular flexibility index (Phi) is 5.34. The van der Waals surface area contributed by atoms with Gasteiger partial charge in [-0.1, -0.05) is 19.6 Å². The van der Waals surface area contributed by atoms with Crippen LogP contribution < -0.4 is 4.74 Å². The number of rotatable bonds is 7. The molecule has 4 aromatic heterocycles. The molecule has 0 aromatic carbocycles. The van der Waals surface area contributed by atoms with Crippen LogP contribution in [0.2, 0.25) is 25.7 Å². The third-order valence-electron chi connectivity index (χ3n) is 4.97. The Balaban J connectivity index is 1.75. The van der Waals surface area contributed by atoms with Gasteiger partial charge in [-0.2, -0.15) is 0 Å². The highest BCUT2D eigenvalue weighted by Crippen LogP contribution is 2.30. The molecule has 0 bridgehead atoms. The van der Waals surface area contributed by atoms with Crippen molar-refractivity contribution in [3.05, 3.63) is 48.9 Å². The van der Waals surface area contributed by atoms with Crippen LogP contribution in [0.4, 0.5) is 0 Å². The topological polar surface area (TPSA) is 62.1 Å². The lowest BCUT2D eigenvalue weighted by Crippen LogP contribution is -2.22. The fourth-order valence-corrected chi connectivity index (χ4v) is 4.07. The Labute approximate surface area is 171 Å². The third kappa shape index (κ3) is 4.16. The second kappa shape index (κ2) is 7.92. The van der Waals surface area contributed by atoms with Gasteiger partial charge in [0.2, 0.25) is 5.88 Å². The van der Waals surface area contributed by atoms with Crippen LogP contribution in [0.1, 0.15) is 0 Å². The lowest BCUT2D eigenvalue weighted by atomic mass is 10.1. The smallest absolute Gasteiger partial charge is 0.213 e. The number of fused-ring (bicyclic) bond motifs is 3. The van der Waals surface area contributed by atoms with E-state index in [-0.39, 0.29) is 0 Å². The van der Waals surface area contributed by atoms with E-state index in [9.17, 15) is 0 Å². The molecule has 0 fully saturated rings. The van der Waals surface area contributed by atoms with Crippen LogP contribution in [0, 0.1) is 0 Å².